The van der Waals surface area contributed by atoms with Crippen LogP contribution in [0.2, 0.25) is 0 Å². The Bertz CT molecular complexity index is 509. The van der Waals surface area contributed by atoms with Crippen LogP contribution in [0.1, 0.15) is 5.56 Å². The van der Waals surface area contributed by atoms with Crippen molar-refractivity contribution in [3.8, 4) is 11.1 Å². The van der Waals surface area contributed by atoms with Crippen LogP contribution in [0.3, 0.4) is 0 Å². The zero-order valence-electron chi connectivity index (χ0n) is 8.38. The molecule has 0 radical (unpaired) electrons. The van der Waals surface area contributed by atoms with Crippen LogP contribution < -0.4 is 0 Å². The third-order valence-corrected chi connectivity index (χ3v) is 2.64. The first-order valence-electron chi connectivity index (χ1n) is 4.81. The fraction of sp³-hybridized carbons (Fsp3) is 0.0769. The Kier molecular flexibility index (Phi) is 3.20. The van der Waals surface area contributed by atoms with E-state index >= 15 is 0 Å². The minimum Gasteiger partial charge on any atom is -0.207 e. The number of rotatable bonds is 2. The second kappa shape index (κ2) is 4.62. The predicted molar refractivity (Wildman–Crippen MR) is 61.4 cm³/mol. The van der Waals surface area contributed by atoms with Crippen LogP contribution in [0.15, 0.2) is 42.5 Å². The molecule has 0 N–H and O–H groups in total. The maximum Gasteiger partial charge on any atom is 0.127 e. The van der Waals surface area contributed by atoms with Gasteiger partial charge >= 0.3 is 0 Å². The van der Waals surface area contributed by atoms with Gasteiger partial charge in [0, 0.05) is 5.56 Å². The highest BCUT2D eigenvalue weighted by molar-refractivity contribution is 6.17. The van der Waals surface area contributed by atoms with Gasteiger partial charge in [-0.2, -0.15) is 0 Å². The Hall–Kier alpha value is -1.41. The number of benzene rings is 2. The number of hydrogen-bond acceptors (Lipinski definition) is 0. The fourth-order valence-electron chi connectivity index (χ4n) is 1.52. The monoisotopic (exact) mass is 238 g/mol. The van der Waals surface area contributed by atoms with Crippen molar-refractivity contribution in [2.75, 3.05) is 0 Å². The van der Waals surface area contributed by atoms with Crippen molar-refractivity contribution in [3.63, 3.8) is 0 Å². The van der Waals surface area contributed by atoms with Crippen molar-refractivity contribution < 1.29 is 8.78 Å². The molecule has 0 aliphatic carbocycles. The molecule has 0 heterocycles. The summed E-state index contributed by atoms with van der Waals surface area (Å²) in [5.74, 6) is -0.543. The summed E-state index contributed by atoms with van der Waals surface area (Å²) in [6, 6.07) is 10.8. The maximum atomic E-state index is 13.2. The molecule has 0 unspecified atom stereocenters. The van der Waals surface area contributed by atoms with E-state index in [0.717, 1.165) is 5.56 Å². The Morgan fingerprint density at radius 1 is 0.938 bits per heavy atom. The predicted octanol–water partition coefficient (Wildman–Crippen LogP) is 4.37. The van der Waals surface area contributed by atoms with E-state index in [1.807, 2.05) is 0 Å². The Morgan fingerprint density at radius 3 is 2.38 bits per heavy atom. The summed E-state index contributed by atoms with van der Waals surface area (Å²) in [5, 5.41) is 0. The van der Waals surface area contributed by atoms with Crippen molar-refractivity contribution in [3.05, 3.63) is 59.7 Å². The van der Waals surface area contributed by atoms with Gasteiger partial charge in [0.1, 0.15) is 11.6 Å². The van der Waals surface area contributed by atoms with E-state index < -0.39 is 0 Å². The first-order chi connectivity index (χ1) is 7.70. The molecule has 2 aromatic rings. The zero-order chi connectivity index (χ0) is 11.5. The van der Waals surface area contributed by atoms with E-state index in [0.29, 0.717) is 11.1 Å². The van der Waals surface area contributed by atoms with Crippen molar-refractivity contribution in [1.29, 1.82) is 0 Å². The third-order valence-electron chi connectivity index (χ3n) is 2.35. The molecule has 0 amide bonds. The summed E-state index contributed by atoms with van der Waals surface area (Å²) in [5.41, 5.74) is 1.89. The highest BCUT2D eigenvalue weighted by Crippen LogP contribution is 2.23. The van der Waals surface area contributed by atoms with E-state index in [-0.39, 0.29) is 17.5 Å². The van der Waals surface area contributed by atoms with Crippen molar-refractivity contribution in [1.82, 2.24) is 0 Å². The number of alkyl halides is 1. The van der Waals surface area contributed by atoms with Crippen LogP contribution in [0.5, 0.6) is 0 Å². The third kappa shape index (κ3) is 2.22. The van der Waals surface area contributed by atoms with Gasteiger partial charge in [-0.3, -0.25) is 0 Å². The Balaban J connectivity index is 2.48. The quantitative estimate of drug-likeness (QED) is 0.682. The smallest absolute Gasteiger partial charge is 0.127 e. The highest BCUT2D eigenvalue weighted by Gasteiger charge is 2.04. The summed E-state index contributed by atoms with van der Waals surface area (Å²) >= 11 is 5.61. The van der Waals surface area contributed by atoms with Crippen LogP contribution in [0, 0.1) is 11.6 Å². The lowest BCUT2D eigenvalue weighted by Gasteiger charge is -2.05. The normalized spacial score (nSPS) is 10.4. The molecule has 2 aromatic carbocycles. The molecule has 0 aliphatic heterocycles. The topological polar surface area (TPSA) is 0 Å². The molecule has 0 atom stereocenters. The molecule has 0 bridgehead atoms. The molecule has 2 rings (SSSR count). The minimum absolute atomic E-state index is 0.106. The number of halogens is 3. The molecule has 0 aliphatic rings. The zero-order valence-corrected chi connectivity index (χ0v) is 9.14. The van der Waals surface area contributed by atoms with Gasteiger partial charge in [-0.15, -0.1) is 11.6 Å². The largest absolute Gasteiger partial charge is 0.207 e. The van der Waals surface area contributed by atoms with Crippen molar-refractivity contribution in [2.45, 2.75) is 5.88 Å². The average Bonchev–Trinajstić information content (AvgIpc) is 2.29. The lowest BCUT2D eigenvalue weighted by Crippen LogP contribution is -1.88. The summed E-state index contributed by atoms with van der Waals surface area (Å²) in [4.78, 5) is 0. The van der Waals surface area contributed by atoms with Crippen LogP contribution in [-0.4, -0.2) is 0 Å². The summed E-state index contributed by atoms with van der Waals surface area (Å²) < 4.78 is 26.2. The lowest BCUT2D eigenvalue weighted by molar-refractivity contribution is 0.617. The van der Waals surface area contributed by atoms with E-state index in [2.05, 4.69) is 0 Å². The van der Waals surface area contributed by atoms with Crippen LogP contribution >= 0.6 is 11.6 Å². The van der Waals surface area contributed by atoms with Gasteiger partial charge < -0.3 is 0 Å². The van der Waals surface area contributed by atoms with Gasteiger partial charge in [-0.1, -0.05) is 18.2 Å². The van der Waals surface area contributed by atoms with E-state index in [9.17, 15) is 8.78 Å². The molecule has 3 heteroatoms. The van der Waals surface area contributed by atoms with Gasteiger partial charge in [0.25, 0.3) is 0 Å². The summed E-state index contributed by atoms with van der Waals surface area (Å²) in [6.07, 6.45) is 0. The second-order valence-corrected chi connectivity index (χ2v) is 3.72. The van der Waals surface area contributed by atoms with Crippen LogP contribution in [-0.2, 0) is 5.88 Å². The Morgan fingerprint density at radius 2 is 1.69 bits per heavy atom. The SMILES string of the molecule is Fc1cccc(-c2ccc(F)c(CCl)c2)c1. The van der Waals surface area contributed by atoms with E-state index in [4.69, 9.17) is 11.6 Å². The summed E-state index contributed by atoms with van der Waals surface area (Å²) in [7, 11) is 0. The first kappa shape index (κ1) is 11.1. The van der Waals surface area contributed by atoms with Crippen molar-refractivity contribution >= 4 is 11.6 Å². The lowest BCUT2D eigenvalue weighted by atomic mass is 10.0. The molecule has 0 aromatic heterocycles. The second-order valence-electron chi connectivity index (χ2n) is 3.45. The van der Waals surface area contributed by atoms with Gasteiger partial charge in [-0.05, 0) is 35.4 Å². The standard InChI is InChI=1S/C13H9ClF2/c14-8-11-6-10(4-5-13(11)16)9-2-1-3-12(15)7-9/h1-7H,8H2. The summed E-state index contributed by atoms with van der Waals surface area (Å²) in [6.45, 7) is 0. The van der Waals surface area contributed by atoms with E-state index in [1.54, 1.807) is 24.3 Å². The molecule has 0 saturated carbocycles. The molecule has 0 fully saturated rings. The van der Waals surface area contributed by atoms with Crippen LogP contribution in [0.25, 0.3) is 11.1 Å². The minimum atomic E-state index is -0.338. The first-order valence-corrected chi connectivity index (χ1v) is 5.34. The van der Waals surface area contributed by atoms with E-state index in [1.165, 1.54) is 18.2 Å². The molecule has 0 nitrogen and oxygen atoms in total. The van der Waals surface area contributed by atoms with Gasteiger partial charge in [0.15, 0.2) is 0 Å². The fourth-order valence-corrected chi connectivity index (χ4v) is 1.73. The van der Waals surface area contributed by atoms with Gasteiger partial charge in [-0.25, -0.2) is 8.78 Å². The van der Waals surface area contributed by atoms with Crippen LogP contribution in [0.4, 0.5) is 8.78 Å². The molecular formula is C13H9ClF2. The molecular weight excluding hydrogens is 230 g/mol. The molecule has 0 spiro atoms. The van der Waals surface area contributed by atoms with Gasteiger partial charge in [0.2, 0.25) is 0 Å². The molecule has 0 saturated heterocycles. The highest BCUT2D eigenvalue weighted by atomic mass is 35.5. The molecule has 82 valence electrons. The Labute approximate surface area is 97.5 Å². The van der Waals surface area contributed by atoms with Gasteiger partial charge in [0.05, 0.1) is 5.88 Å². The maximum absolute atomic E-state index is 13.2. The average molecular weight is 239 g/mol. The number of hydrogen-bond donors (Lipinski definition) is 0. The van der Waals surface area contributed by atoms with Crippen molar-refractivity contribution in [2.24, 2.45) is 0 Å². The molecule has 16 heavy (non-hydrogen) atoms.